The quantitative estimate of drug-likeness (QED) is 0.299. The number of nitrogens with one attached hydrogen (secondary N) is 3. The van der Waals surface area contributed by atoms with Crippen molar-refractivity contribution >= 4 is 17.6 Å². The highest BCUT2D eigenvalue weighted by Crippen LogP contribution is 2.34. The second-order valence-corrected chi connectivity index (χ2v) is 8.80. The summed E-state index contributed by atoms with van der Waals surface area (Å²) < 4.78 is 47.2. The number of para-hydroxylation sites is 1. The predicted molar refractivity (Wildman–Crippen MR) is 148 cm³/mol. The minimum atomic E-state index is -4.55. The van der Waals surface area contributed by atoms with Crippen molar-refractivity contribution in [3.8, 4) is 11.5 Å². The summed E-state index contributed by atoms with van der Waals surface area (Å²) in [6, 6.07) is 16.4. The molecule has 1 aliphatic heterocycles. The minimum absolute atomic E-state index is 0.0398. The van der Waals surface area contributed by atoms with Gasteiger partial charge in [-0.15, -0.1) is 0 Å². The Labute approximate surface area is 231 Å². The zero-order valence-electron chi connectivity index (χ0n) is 22.5. The maximum Gasteiger partial charge on any atom is 0.416 e. The zero-order chi connectivity index (χ0) is 29.1. The van der Waals surface area contributed by atoms with Gasteiger partial charge in [-0.3, -0.25) is 9.69 Å². The normalized spacial score (nSPS) is 13.5. The SMILES string of the molecule is CC.NC(=O)c1ccc(Oc2ccccc2CNC(=O)Nc2ccc(CN3CCNCC3)c(C(F)(F)F)c2)cc1. The molecule has 8 nitrogen and oxygen atoms in total. The number of benzene rings is 3. The number of carbonyl (C=O) groups excluding carboxylic acids is 2. The van der Waals surface area contributed by atoms with Crippen LogP contribution in [0.3, 0.4) is 0 Å². The van der Waals surface area contributed by atoms with E-state index in [1.807, 2.05) is 18.7 Å². The van der Waals surface area contributed by atoms with Crippen molar-refractivity contribution in [2.45, 2.75) is 33.1 Å². The number of nitrogens with two attached hydrogens (primary N) is 1. The van der Waals surface area contributed by atoms with Crippen molar-refractivity contribution in [2.75, 3.05) is 31.5 Å². The average molecular weight is 558 g/mol. The van der Waals surface area contributed by atoms with E-state index in [2.05, 4.69) is 16.0 Å². The number of urea groups is 1. The van der Waals surface area contributed by atoms with Crippen LogP contribution in [-0.4, -0.2) is 43.0 Å². The van der Waals surface area contributed by atoms with E-state index in [1.165, 1.54) is 24.3 Å². The molecule has 1 fully saturated rings. The fourth-order valence-electron chi connectivity index (χ4n) is 4.08. The van der Waals surface area contributed by atoms with Crippen molar-refractivity contribution in [3.63, 3.8) is 0 Å². The molecule has 0 aliphatic carbocycles. The summed E-state index contributed by atoms with van der Waals surface area (Å²) in [4.78, 5) is 25.7. The summed E-state index contributed by atoms with van der Waals surface area (Å²) in [5.41, 5.74) is 5.68. The molecule has 11 heteroatoms. The van der Waals surface area contributed by atoms with Crippen molar-refractivity contribution in [1.29, 1.82) is 0 Å². The first-order valence-corrected chi connectivity index (χ1v) is 13.0. The van der Waals surface area contributed by atoms with Crippen LogP contribution >= 0.6 is 0 Å². The lowest BCUT2D eigenvalue weighted by Gasteiger charge is -2.28. The summed E-state index contributed by atoms with van der Waals surface area (Å²) in [6.07, 6.45) is -4.55. The Bertz CT molecular complexity index is 1280. The first-order chi connectivity index (χ1) is 19.2. The number of nitrogens with zero attached hydrogens (tertiary/aromatic N) is 1. The van der Waals surface area contributed by atoms with Crippen LogP contribution in [0.15, 0.2) is 66.7 Å². The maximum atomic E-state index is 13.8. The first kappa shape index (κ1) is 30.5. The number of hydrogen-bond acceptors (Lipinski definition) is 5. The number of carbonyl (C=O) groups is 2. The van der Waals surface area contributed by atoms with Gasteiger partial charge in [0.25, 0.3) is 0 Å². The van der Waals surface area contributed by atoms with Gasteiger partial charge in [-0.05, 0) is 48.0 Å². The van der Waals surface area contributed by atoms with Crippen LogP contribution in [-0.2, 0) is 19.3 Å². The maximum absolute atomic E-state index is 13.8. The highest BCUT2D eigenvalue weighted by Gasteiger charge is 2.34. The van der Waals surface area contributed by atoms with Crippen LogP contribution in [0.4, 0.5) is 23.7 Å². The number of anilines is 1. The Hall–Kier alpha value is -4.09. The van der Waals surface area contributed by atoms with Gasteiger partial charge in [-0.2, -0.15) is 13.2 Å². The number of ether oxygens (including phenoxy) is 1. The van der Waals surface area contributed by atoms with E-state index in [0.29, 0.717) is 35.7 Å². The van der Waals surface area contributed by atoms with Crippen LogP contribution in [0.25, 0.3) is 0 Å². The van der Waals surface area contributed by atoms with Gasteiger partial charge in [0.1, 0.15) is 11.5 Å². The number of rotatable bonds is 8. The van der Waals surface area contributed by atoms with E-state index in [1.54, 1.807) is 36.4 Å². The number of amides is 3. The molecule has 5 N–H and O–H groups in total. The van der Waals surface area contributed by atoms with E-state index in [0.717, 1.165) is 19.2 Å². The molecule has 0 bridgehead atoms. The van der Waals surface area contributed by atoms with Gasteiger partial charge in [-0.25, -0.2) is 4.79 Å². The molecule has 0 unspecified atom stereocenters. The Morgan fingerprint density at radius 1 is 0.975 bits per heavy atom. The monoisotopic (exact) mass is 557 g/mol. The number of halogens is 3. The topological polar surface area (TPSA) is 109 Å². The van der Waals surface area contributed by atoms with Crippen LogP contribution in [0.2, 0.25) is 0 Å². The standard InChI is InChI=1S/C27H28F3N5O3.C2H6/c28-27(29,30)23-15-21(8-5-20(23)17-35-13-11-32-12-14-35)34-26(37)33-16-19-3-1-2-4-24(19)38-22-9-6-18(7-10-22)25(31)36;1-2/h1-10,15,32H,11-14,16-17H2,(H2,31,36)(H2,33,34,37);1-2H3. The molecular weight excluding hydrogens is 523 g/mol. The molecule has 0 radical (unpaired) electrons. The molecule has 0 atom stereocenters. The largest absolute Gasteiger partial charge is 0.457 e. The number of hydrogen-bond donors (Lipinski definition) is 4. The van der Waals surface area contributed by atoms with Gasteiger partial charge >= 0.3 is 12.2 Å². The lowest BCUT2D eigenvalue weighted by Crippen LogP contribution is -2.43. The molecule has 0 aromatic heterocycles. The fraction of sp³-hybridized carbons (Fsp3) is 0.310. The summed E-state index contributed by atoms with van der Waals surface area (Å²) in [5, 5.41) is 8.31. The van der Waals surface area contributed by atoms with Gasteiger partial charge in [0, 0.05) is 56.1 Å². The van der Waals surface area contributed by atoms with Gasteiger partial charge in [0.05, 0.1) is 5.56 Å². The molecule has 0 spiro atoms. The van der Waals surface area contributed by atoms with Crippen LogP contribution in [0.1, 0.15) is 40.9 Å². The first-order valence-electron chi connectivity index (χ1n) is 13.0. The third-order valence-electron chi connectivity index (χ3n) is 6.06. The molecule has 214 valence electrons. The predicted octanol–water partition coefficient (Wildman–Crippen LogP) is 5.35. The van der Waals surface area contributed by atoms with Gasteiger partial charge in [0.15, 0.2) is 0 Å². The Morgan fingerprint density at radius 2 is 1.65 bits per heavy atom. The van der Waals surface area contributed by atoms with E-state index in [4.69, 9.17) is 10.5 Å². The van der Waals surface area contributed by atoms with E-state index < -0.39 is 23.7 Å². The molecule has 3 aromatic carbocycles. The second kappa shape index (κ2) is 14.3. The van der Waals surface area contributed by atoms with Crippen molar-refractivity contribution in [1.82, 2.24) is 15.5 Å². The third kappa shape index (κ3) is 8.72. The molecule has 0 saturated carbocycles. The highest BCUT2D eigenvalue weighted by atomic mass is 19.4. The Morgan fingerprint density at radius 3 is 2.30 bits per heavy atom. The molecule has 1 aliphatic rings. The Balaban J connectivity index is 0.00000216. The molecule has 1 saturated heterocycles. The summed E-state index contributed by atoms with van der Waals surface area (Å²) in [7, 11) is 0. The second-order valence-electron chi connectivity index (χ2n) is 8.80. The van der Waals surface area contributed by atoms with Crippen molar-refractivity contribution in [2.24, 2.45) is 5.73 Å². The highest BCUT2D eigenvalue weighted by molar-refractivity contribution is 5.92. The van der Waals surface area contributed by atoms with E-state index >= 15 is 0 Å². The lowest BCUT2D eigenvalue weighted by atomic mass is 10.0. The van der Waals surface area contributed by atoms with Crippen LogP contribution in [0.5, 0.6) is 11.5 Å². The molecule has 1 heterocycles. The molecule has 3 amide bonds. The minimum Gasteiger partial charge on any atom is -0.457 e. The van der Waals surface area contributed by atoms with Gasteiger partial charge in [-0.1, -0.05) is 38.1 Å². The smallest absolute Gasteiger partial charge is 0.416 e. The number of alkyl halides is 3. The molecule has 3 aromatic rings. The van der Waals surface area contributed by atoms with Gasteiger partial charge < -0.3 is 26.4 Å². The number of primary amides is 1. The zero-order valence-corrected chi connectivity index (χ0v) is 22.5. The Kier molecular flexibility index (Phi) is 10.9. The molecule has 4 rings (SSSR count). The van der Waals surface area contributed by atoms with Gasteiger partial charge in [0.2, 0.25) is 5.91 Å². The fourth-order valence-corrected chi connectivity index (χ4v) is 4.08. The van der Waals surface area contributed by atoms with E-state index in [-0.39, 0.29) is 24.3 Å². The van der Waals surface area contributed by atoms with Crippen molar-refractivity contribution < 1.29 is 27.5 Å². The van der Waals surface area contributed by atoms with E-state index in [9.17, 15) is 22.8 Å². The summed E-state index contributed by atoms with van der Waals surface area (Å²) in [5.74, 6) is 0.382. The van der Waals surface area contributed by atoms with Crippen molar-refractivity contribution in [3.05, 3.63) is 89.0 Å². The van der Waals surface area contributed by atoms with Crippen LogP contribution < -0.4 is 26.4 Å². The van der Waals surface area contributed by atoms with Crippen LogP contribution in [0, 0.1) is 0 Å². The number of piperazine rings is 1. The summed E-state index contributed by atoms with van der Waals surface area (Å²) >= 11 is 0. The molecular formula is C29H34F3N5O3. The summed E-state index contributed by atoms with van der Waals surface area (Å²) in [6.45, 7) is 7.06. The molecule has 40 heavy (non-hydrogen) atoms. The lowest BCUT2D eigenvalue weighted by molar-refractivity contribution is -0.138. The average Bonchev–Trinajstić information content (AvgIpc) is 2.95. The third-order valence-corrected chi connectivity index (χ3v) is 6.06.